The zero-order valence-corrected chi connectivity index (χ0v) is 16.0. The van der Waals surface area contributed by atoms with Gasteiger partial charge in [-0.05, 0) is 12.1 Å². The first-order chi connectivity index (χ1) is 12.3. The fourth-order valence-electron chi connectivity index (χ4n) is 1.87. The highest BCUT2D eigenvalue weighted by Crippen LogP contribution is 2.24. The van der Waals surface area contributed by atoms with Crippen molar-refractivity contribution in [3.05, 3.63) is 29.3 Å². The van der Waals surface area contributed by atoms with Gasteiger partial charge < -0.3 is 9.47 Å². The van der Waals surface area contributed by atoms with Crippen LogP contribution in [0.3, 0.4) is 0 Å². The summed E-state index contributed by atoms with van der Waals surface area (Å²) in [6.45, 7) is 0. The molecule has 1 N–H and O–H groups in total. The molecule has 0 saturated heterocycles. The average molecular weight is 401 g/mol. The number of hydrogen-bond donors (Lipinski definition) is 1. The maximum atomic E-state index is 12.8. The Hall–Kier alpha value is -2.66. The number of aromatic nitrogens is 3. The van der Waals surface area contributed by atoms with E-state index in [1.807, 2.05) is 0 Å². The third-order valence-corrected chi connectivity index (χ3v) is 5.42. The summed E-state index contributed by atoms with van der Waals surface area (Å²) < 4.78 is 36.5. The average Bonchev–Trinajstić information content (AvgIpc) is 2.65. The van der Waals surface area contributed by atoms with Gasteiger partial charge in [-0.1, -0.05) is 23.7 Å². The first-order valence-corrected chi connectivity index (χ1v) is 8.96. The van der Waals surface area contributed by atoms with Crippen LogP contribution in [0, 0.1) is 0 Å². The molecule has 0 amide bonds. The van der Waals surface area contributed by atoms with Gasteiger partial charge in [-0.15, -0.1) is 4.98 Å². The number of rotatable bonds is 5. The van der Waals surface area contributed by atoms with Crippen molar-refractivity contribution >= 4 is 33.5 Å². The minimum atomic E-state index is -3.96. The Labute approximate surface area is 155 Å². The number of nitrogens with one attached hydrogen (secondary N) is 1. The van der Waals surface area contributed by atoms with E-state index >= 15 is 0 Å². The molecule has 0 radical (unpaired) electrons. The zero-order chi connectivity index (χ0) is 19.3. The summed E-state index contributed by atoms with van der Waals surface area (Å²) in [6, 6.07) is 6.08. The second kappa shape index (κ2) is 8.15. The fraction of sp³-hybridized carbons (Fsp3) is 0.286. The molecule has 1 aromatic carbocycles. The van der Waals surface area contributed by atoms with Gasteiger partial charge in [0, 0.05) is 14.1 Å². The minimum Gasteiger partial charge on any atom is -0.467 e. The van der Waals surface area contributed by atoms with Crippen LogP contribution in [0.5, 0.6) is 12.0 Å². The second-order valence-corrected chi connectivity index (χ2v) is 7.05. The summed E-state index contributed by atoms with van der Waals surface area (Å²) in [4.78, 5) is 15.7. The van der Waals surface area contributed by atoms with E-state index in [0.717, 1.165) is 4.31 Å². The maximum Gasteiger partial charge on any atom is 0.324 e. The molecule has 0 unspecified atom stereocenters. The van der Waals surface area contributed by atoms with Gasteiger partial charge in [0.05, 0.1) is 19.2 Å². The van der Waals surface area contributed by atoms with Crippen LogP contribution in [0.1, 0.15) is 0 Å². The molecule has 26 heavy (non-hydrogen) atoms. The van der Waals surface area contributed by atoms with E-state index in [0.29, 0.717) is 0 Å². The molecular weight excluding hydrogens is 384 g/mol. The lowest BCUT2D eigenvalue weighted by Gasteiger charge is -2.21. The number of nitrogens with zero attached hydrogens (tertiary/aromatic N) is 5. The summed E-state index contributed by atoms with van der Waals surface area (Å²) in [6.07, 6.45) is 0. The summed E-state index contributed by atoms with van der Waals surface area (Å²) >= 11 is 6.01. The Kier molecular flexibility index (Phi) is 6.16. The predicted octanol–water partition coefficient (Wildman–Crippen LogP) is 1.26. The van der Waals surface area contributed by atoms with E-state index in [9.17, 15) is 8.42 Å². The first-order valence-electron chi connectivity index (χ1n) is 7.14. The van der Waals surface area contributed by atoms with Crippen molar-refractivity contribution in [3.63, 3.8) is 0 Å². The number of aliphatic imine (C=N–C) groups is 1. The van der Waals surface area contributed by atoms with E-state index in [-0.39, 0.29) is 33.8 Å². The van der Waals surface area contributed by atoms with Gasteiger partial charge in [-0.2, -0.15) is 9.97 Å². The van der Waals surface area contributed by atoms with Gasteiger partial charge in [0.2, 0.25) is 11.9 Å². The third-order valence-electron chi connectivity index (χ3n) is 3.17. The van der Waals surface area contributed by atoms with Gasteiger partial charge in [0.1, 0.15) is 4.90 Å². The summed E-state index contributed by atoms with van der Waals surface area (Å²) in [5.74, 6) is -0.0456. The van der Waals surface area contributed by atoms with Crippen molar-refractivity contribution in [2.75, 3.05) is 33.6 Å². The van der Waals surface area contributed by atoms with E-state index < -0.39 is 10.0 Å². The van der Waals surface area contributed by atoms with Gasteiger partial charge in [0.15, 0.2) is 0 Å². The van der Waals surface area contributed by atoms with Crippen molar-refractivity contribution in [1.29, 1.82) is 0 Å². The van der Waals surface area contributed by atoms with Crippen molar-refractivity contribution < 1.29 is 17.9 Å². The van der Waals surface area contributed by atoms with Crippen molar-refractivity contribution in [1.82, 2.24) is 19.3 Å². The minimum absolute atomic E-state index is 0.00416. The standard InChI is InChI=1S/C14H17ClN6O4S/c1-16-12(17-11-18-13(24-3)20-14(19-11)25-4)21(2)26(22,23)10-8-6-5-7-9(10)15/h5-8H,1-4H3,(H,16,17,18,19,20). The highest BCUT2D eigenvalue weighted by atomic mass is 35.5. The lowest BCUT2D eigenvalue weighted by molar-refractivity contribution is 0.341. The zero-order valence-electron chi connectivity index (χ0n) is 14.5. The lowest BCUT2D eigenvalue weighted by Crippen LogP contribution is -2.38. The Bertz CT molecular complexity index is 899. The highest BCUT2D eigenvalue weighted by molar-refractivity contribution is 7.89. The van der Waals surface area contributed by atoms with E-state index in [4.69, 9.17) is 21.1 Å². The molecule has 0 bridgehead atoms. The highest BCUT2D eigenvalue weighted by Gasteiger charge is 2.26. The molecule has 2 aromatic rings. The molecule has 0 atom stereocenters. The van der Waals surface area contributed by atoms with Crippen molar-refractivity contribution in [2.45, 2.75) is 4.90 Å². The molecule has 0 aliphatic rings. The summed E-state index contributed by atoms with van der Waals surface area (Å²) in [5, 5.41) is 2.80. The lowest BCUT2D eigenvalue weighted by atomic mass is 10.4. The van der Waals surface area contributed by atoms with Gasteiger partial charge in [0.25, 0.3) is 10.0 Å². The van der Waals surface area contributed by atoms with Crippen LogP contribution in [-0.4, -0.2) is 61.9 Å². The number of guanidine groups is 1. The van der Waals surface area contributed by atoms with E-state index in [1.165, 1.54) is 40.4 Å². The SMILES string of the molecule is CN=C(Nc1nc(OC)nc(OC)n1)N(C)S(=O)(=O)c1ccccc1Cl. The van der Waals surface area contributed by atoms with E-state index in [2.05, 4.69) is 25.3 Å². The summed E-state index contributed by atoms with van der Waals surface area (Å²) in [5.41, 5.74) is 0. The number of hydrogen-bond acceptors (Lipinski definition) is 8. The second-order valence-electron chi connectivity index (χ2n) is 4.71. The molecule has 0 aliphatic heterocycles. The van der Waals surface area contributed by atoms with Crippen LogP contribution in [-0.2, 0) is 10.0 Å². The molecule has 140 valence electrons. The Morgan fingerprint density at radius 3 is 2.23 bits per heavy atom. The molecule has 0 aliphatic carbocycles. The first kappa shape index (κ1) is 19.7. The Morgan fingerprint density at radius 2 is 1.73 bits per heavy atom. The van der Waals surface area contributed by atoms with Crippen LogP contribution < -0.4 is 14.8 Å². The third kappa shape index (κ3) is 4.11. The number of halogens is 1. The summed E-state index contributed by atoms with van der Waals surface area (Å²) in [7, 11) is 1.53. The van der Waals surface area contributed by atoms with Crippen LogP contribution >= 0.6 is 11.6 Å². The molecule has 2 rings (SSSR count). The number of methoxy groups -OCH3 is 2. The van der Waals surface area contributed by atoms with E-state index in [1.54, 1.807) is 12.1 Å². The van der Waals surface area contributed by atoms with Crippen LogP contribution in [0.4, 0.5) is 5.95 Å². The molecule has 12 heteroatoms. The molecule has 1 heterocycles. The normalized spacial score (nSPS) is 11.8. The number of anilines is 1. The number of benzene rings is 1. The Balaban J connectivity index is 2.36. The van der Waals surface area contributed by atoms with Gasteiger partial charge in [-0.25, -0.2) is 12.7 Å². The fourth-order valence-corrected chi connectivity index (χ4v) is 3.51. The molecule has 0 spiro atoms. The Morgan fingerprint density at radius 1 is 1.15 bits per heavy atom. The molecule has 0 fully saturated rings. The molecule has 0 saturated carbocycles. The smallest absolute Gasteiger partial charge is 0.324 e. The van der Waals surface area contributed by atoms with Gasteiger partial charge in [-0.3, -0.25) is 10.3 Å². The molecule has 10 nitrogen and oxygen atoms in total. The van der Waals surface area contributed by atoms with Crippen LogP contribution in [0.15, 0.2) is 34.2 Å². The van der Waals surface area contributed by atoms with Crippen molar-refractivity contribution in [3.8, 4) is 12.0 Å². The molecular formula is C14H17ClN6O4S. The number of ether oxygens (including phenoxy) is 2. The van der Waals surface area contributed by atoms with Crippen LogP contribution in [0.2, 0.25) is 5.02 Å². The van der Waals surface area contributed by atoms with Crippen LogP contribution in [0.25, 0.3) is 0 Å². The predicted molar refractivity (Wildman–Crippen MR) is 96.3 cm³/mol. The quantitative estimate of drug-likeness (QED) is 0.588. The largest absolute Gasteiger partial charge is 0.467 e. The topological polar surface area (TPSA) is 119 Å². The number of sulfonamides is 1. The molecule has 1 aromatic heterocycles. The monoisotopic (exact) mass is 400 g/mol. The maximum absolute atomic E-state index is 12.8. The van der Waals surface area contributed by atoms with Gasteiger partial charge >= 0.3 is 12.0 Å². The van der Waals surface area contributed by atoms with Crippen molar-refractivity contribution in [2.24, 2.45) is 4.99 Å².